The van der Waals surface area contributed by atoms with Gasteiger partial charge in [0.05, 0.1) is 18.1 Å². The molecular formula is C13H24N2O4S. The molecule has 1 fully saturated rings. The lowest BCUT2D eigenvalue weighted by Crippen LogP contribution is -2.46. The van der Waals surface area contributed by atoms with Crippen molar-refractivity contribution < 1.29 is 18.0 Å². The zero-order valence-electron chi connectivity index (χ0n) is 12.4. The van der Waals surface area contributed by atoms with E-state index in [1.165, 1.54) is 11.8 Å². The maximum atomic E-state index is 11.8. The van der Waals surface area contributed by atoms with E-state index < -0.39 is 9.84 Å². The number of hydrogen-bond donors (Lipinski definition) is 1. The number of carbonyl (C=O) groups excluding carboxylic acids is 2. The van der Waals surface area contributed by atoms with Gasteiger partial charge in [0.25, 0.3) is 0 Å². The van der Waals surface area contributed by atoms with E-state index in [1.807, 2.05) is 0 Å². The van der Waals surface area contributed by atoms with Crippen LogP contribution in [0.4, 0.5) is 0 Å². The Balaban J connectivity index is 2.52. The smallest absolute Gasteiger partial charge is 0.239 e. The van der Waals surface area contributed by atoms with Crippen LogP contribution in [0, 0.1) is 5.92 Å². The molecule has 0 spiro atoms. The summed E-state index contributed by atoms with van der Waals surface area (Å²) in [6, 6.07) is -0.367. The van der Waals surface area contributed by atoms with Crippen molar-refractivity contribution in [3.63, 3.8) is 0 Å². The van der Waals surface area contributed by atoms with E-state index >= 15 is 0 Å². The molecule has 0 radical (unpaired) electrons. The molecule has 2 amide bonds. The lowest BCUT2D eigenvalue weighted by Gasteiger charge is -2.26. The molecule has 0 aromatic rings. The molecule has 6 nitrogen and oxygen atoms in total. The highest BCUT2D eigenvalue weighted by Gasteiger charge is 2.34. The number of rotatable bonds is 6. The molecule has 7 heteroatoms. The molecule has 1 rings (SSSR count). The Bertz CT molecular complexity index is 459. The SMILES string of the molecule is CC(=O)N(CC(=O)NCCC(C)C)C1CCS(=O)(=O)C1. The van der Waals surface area contributed by atoms with E-state index in [2.05, 4.69) is 19.2 Å². The number of nitrogens with zero attached hydrogens (tertiary/aromatic N) is 1. The second-order valence-electron chi connectivity index (χ2n) is 5.74. The van der Waals surface area contributed by atoms with Crippen molar-refractivity contribution >= 4 is 21.7 Å². The predicted octanol–water partition coefficient (Wildman–Crippen LogP) is 0.184. The van der Waals surface area contributed by atoms with Crippen LogP contribution in [0.2, 0.25) is 0 Å². The number of amides is 2. The highest BCUT2D eigenvalue weighted by Crippen LogP contribution is 2.17. The zero-order chi connectivity index (χ0) is 15.3. The molecule has 0 saturated carbocycles. The van der Waals surface area contributed by atoms with E-state index in [-0.39, 0.29) is 35.9 Å². The lowest BCUT2D eigenvalue weighted by molar-refractivity contribution is -0.136. The molecule has 1 unspecified atom stereocenters. The summed E-state index contributed by atoms with van der Waals surface area (Å²) in [5, 5.41) is 2.76. The first-order chi connectivity index (χ1) is 9.21. The molecule has 1 atom stereocenters. The van der Waals surface area contributed by atoms with Crippen LogP contribution >= 0.6 is 0 Å². The fourth-order valence-electron chi connectivity index (χ4n) is 2.23. The molecule has 20 heavy (non-hydrogen) atoms. The summed E-state index contributed by atoms with van der Waals surface area (Å²) in [6.45, 7) is 6.01. The van der Waals surface area contributed by atoms with Gasteiger partial charge in [0, 0.05) is 19.5 Å². The van der Waals surface area contributed by atoms with Crippen LogP contribution in [0.25, 0.3) is 0 Å². The van der Waals surface area contributed by atoms with Gasteiger partial charge in [-0.15, -0.1) is 0 Å². The highest BCUT2D eigenvalue weighted by atomic mass is 32.2. The third-order valence-corrected chi connectivity index (χ3v) is 5.16. The van der Waals surface area contributed by atoms with Crippen LogP contribution in [0.1, 0.15) is 33.6 Å². The van der Waals surface area contributed by atoms with Crippen LogP contribution in [-0.4, -0.2) is 55.8 Å². The average Bonchev–Trinajstić information content (AvgIpc) is 2.65. The second kappa shape index (κ2) is 7.06. The lowest BCUT2D eigenvalue weighted by atomic mass is 10.1. The van der Waals surface area contributed by atoms with Gasteiger partial charge >= 0.3 is 0 Å². The van der Waals surface area contributed by atoms with Crippen LogP contribution in [0.15, 0.2) is 0 Å². The third-order valence-electron chi connectivity index (χ3n) is 3.41. The van der Waals surface area contributed by atoms with Crippen LogP contribution in [-0.2, 0) is 19.4 Å². The van der Waals surface area contributed by atoms with E-state index in [4.69, 9.17) is 0 Å². The van der Waals surface area contributed by atoms with Crippen molar-refractivity contribution in [3.05, 3.63) is 0 Å². The molecule has 1 heterocycles. The van der Waals surface area contributed by atoms with Crippen LogP contribution in [0.5, 0.6) is 0 Å². The monoisotopic (exact) mass is 304 g/mol. The molecule has 0 aromatic heterocycles. The highest BCUT2D eigenvalue weighted by molar-refractivity contribution is 7.91. The number of nitrogens with one attached hydrogen (secondary N) is 1. The van der Waals surface area contributed by atoms with Crippen molar-refractivity contribution in [2.75, 3.05) is 24.6 Å². The maximum absolute atomic E-state index is 11.8. The quantitative estimate of drug-likeness (QED) is 0.759. The molecule has 0 bridgehead atoms. The van der Waals surface area contributed by atoms with E-state index in [1.54, 1.807) is 0 Å². The minimum absolute atomic E-state index is 0.0359. The standard InChI is InChI=1S/C13H24N2O4S/c1-10(2)4-6-14-13(17)8-15(11(3)16)12-5-7-20(18,19)9-12/h10,12H,4-9H2,1-3H3,(H,14,17). The first kappa shape index (κ1) is 16.9. The minimum atomic E-state index is -3.06. The summed E-state index contributed by atoms with van der Waals surface area (Å²) in [5.74, 6) is 0.0675. The Morgan fingerprint density at radius 1 is 1.35 bits per heavy atom. The van der Waals surface area contributed by atoms with Gasteiger partial charge in [0.2, 0.25) is 11.8 Å². The van der Waals surface area contributed by atoms with Gasteiger partial charge in [-0.2, -0.15) is 0 Å². The number of hydrogen-bond acceptors (Lipinski definition) is 4. The van der Waals surface area contributed by atoms with E-state index in [9.17, 15) is 18.0 Å². The number of carbonyl (C=O) groups is 2. The minimum Gasteiger partial charge on any atom is -0.355 e. The summed E-state index contributed by atoms with van der Waals surface area (Å²) in [6.07, 6.45) is 1.30. The van der Waals surface area contributed by atoms with Crippen molar-refractivity contribution in [1.82, 2.24) is 10.2 Å². The Morgan fingerprint density at radius 2 is 2.00 bits per heavy atom. The molecule has 0 aliphatic carbocycles. The van der Waals surface area contributed by atoms with E-state index in [0.29, 0.717) is 18.9 Å². The fourth-order valence-corrected chi connectivity index (χ4v) is 3.96. The molecule has 1 saturated heterocycles. The first-order valence-electron chi connectivity index (χ1n) is 6.95. The summed E-state index contributed by atoms with van der Waals surface area (Å²) >= 11 is 0. The van der Waals surface area contributed by atoms with Crippen LogP contribution < -0.4 is 5.32 Å². The van der Waals surface area contributed by atoms with E-state index in [0.717, 1.165) is 6.42 Å². The van der Waals surface area contributed by atoms with Crippen molar-refractivity contribution in [2.45, 2.75) is 39.7 Å². The van der Waals surface area contributed by atoms with Gasteiger partial charge in [0.1, 0.15) is 0 Å². The second-order valence-corrected chi connectivity index (χ2v) is 7.96. The van der Waals surface area contributed by atoms with Gasteiger partial charge < -0.3 is 10.2 Å². The summed E-state index contributed by atoms with van der Waals surface area (Å²) in [4.78, 5) is 24.8. The molecule has 1 aliphatic heterocycles. The predicted molar refractivity (Wildman–Crippen MR) is 76.9 cm³/mol. The topological polar surface area (TPSA) is 83.6 Å². The van der Waals surface area contributed by atoms with Gasteiger partial charge in [0.15, 0.2) is 9.84 Å². The summed E-state index contributed by atoms with van der Waals surface area (Å²) in [5.41, 5.74) is 0. The zero-order valence-corrected chi connectivity index (χ0v) is 13.2. The molecule has 1 aliphatic rings. The average molecular weight is 304 g/mol. The van der Waals surface area contributed by atoms with Crippen molar-refractivity contribution in [3.8, 4) is 0 Å². The first-order valence-corrected chi connectivity index (χ1v) is 8.77. The van der Waals surface area contributed by atoms with Gasteiger partial charge in [-0.3, -0.25) is 9.59 Å². The molecule has 1 N–H and O–H groups in total. The van der Waals surface area contributed by atoms with Crippen LogP contribution in [0.3, 0.4) is 0 Å². The van der Waals surface area contributed by atoms with Crippen molar-refractivity contribution in [1.29, 1.82) is 0 Å². The van der Waals surface area contributed by atoms with Gasteiger partial charge in [-0.25, -0.2) is 8.42 Å². The number of sulfone groups is 1. The molecular weight excluding hydrogens is 280 g/mol. The fraction of sp³-hybridized carbons (Fsp3) is 0.846. The largest absolute Gasteiger partial charge is 0.355 e. The maximum Gasteiger partial charge on any atom is 0.239 e. The summed E-state index contributed by atoms with van der Waals surface area (Å²) in [7, 11) is -3.06. The molecule has 116 valence electrons. The normalized spacial score (nSPS) is 20.9. The van der Waals surface area contributed by atoms with Gasteiger partial charge in [-0.1, -0.05) is 13.8 Å². The van der Waals surface area contributed by atoms with Crippen molar-refractivity contribution in [2.24, 2.45) is 5.92 Å². The third kappa shape index (κ3) is 5.48. The molecule has 0 aromatic carbocycles. The Kier molecular flexibility index (Phi) is 5.98. The summed E-state index contributed by atoms with van der Waals surface area (Å²) < 4.78 is 22.9. The van der Waals surface area contributed by atoms with Gasteiger partial charge in [-0.05, 0) is 18.8 Å². The Hall–Kier alpha value is -1.11. The Labute approximate surface area is 120 Å². The Morgan fingerprint density at radius 3 is 2.45 bits per heavy atom.